The molecule has 0 bridgehead atoms. The summed E-state index contributed by atoms with van der Waals surface area (Å²) >= 11 is 0. The number of carbonyl (C=O) groups excluding carboxylic acids is 2. The molecule has 0 spiro atoms. The summed E-state index contributed by atoms with van der Waals surface area (Å²) in [6.07, 6.45) is -0.911. The van der Waals surface area contributed by atoms with Gasteiger partial charge in [0.25, 0.3) is 0 Å². The van der Waals surface area contributed by atoms with Gasteiger partial charge in [-0.2, -0.15) is 0 Å². The number of ether oxygens (including phenoxy) is 3. The Labute approximate surface area is 166 Å². The van der Waals surface area contributed by atoms with Gasteiger partial charge < -0.3 is 24.6 Å². The van der Waals surface area contributed by atoms with Crippen LogP contribution in [0.3, 0.4) is 0 Å². The van der Waals surface area contributed by atoms with E-state index in [-0.39, 0.29) is 12.1 Å². The molecule has 0 aliphatic heterocycles. The minimum atomic E-state index is -0.656. The van der Waals surface area contributed by atoms with Gasteiger partial charge in [0, 0.05) is 44.3 Å². The molecule has 1 aliphatic rings. The highest BCUT2D eigenvalue weighted by Gasteiger charge is 2.34. The maximum Gasteiger partial charge on any atom is 0.303 e. The lowest BCUT2D eigenvalue weighted by atomic mass is 9.87. The summed E-state index contributed by atoms with van der Waals surface area (Å²) in [6, 6.07) is 5.64. The number of hydrogen-bond donors (Lipinski definition) is 2. The van der Waals surface area contributed by atoms with E-state index in [1.807, 2.05) is 39.0 Å². The van der Waals surface area contributed by atoms with Crippen LogP contribution in [0, 0.1) is 0 Å². The first-order valence-electron chi connectivity index (χ1n) is 9.56. The normalized spacial score (nSPS) is 20.1. The summed E-state index contributed by atoms with van der Waals surface area (Å²) in [5.41, 5.74) is 1.80. The van der Waals surface area contributed by atoms with Crippen molar-refractivity contribution in [2.75, 3.05) is 13.2 Å². The van der Waals surface area contributed by atoms with Crippen LogP contribution in [-0.2, 0) is 31.9 Å². The van der Waals surface area contributed by atoms with Crippen molar-refractivity contribution >= 4 is 11.9 Å². The number of rotatable bonds is 7. The summed E-state index contributed by atoms with van der Waals surface area (Å²) in [5, 5.41) is 13.4. The van der Waals surface area contributed by atoms with Crippen LogP contribution in [0.15, 0.2) is 18.2 Å². The molecule has 7 nitrogen and oxygen atoms in total. The van der Waals surface area contributed by atoms with Crippen molar-refractivity contribution in [1.82, 2.24) is 5.32 Å². The minimum absolute atomic E-state index is 0.0874. The Morgan fingerprint density at radius 2 is 1.75 bits per heavy atom. The Morgan fingerprint density at radius 3 is 2.32 bits per heavy atom. The maximum absolute atomic E-state index is 11.5. The molecule has 1 aliphatic carbocycles. The van der Waals surface area contributed by atoms with Crippen LogP contribution in [0.5, 0.6) is 5.75 Å². The molecular formula is C21H31NO6. The molecule has 0 amide bonds. The van der Waals surface area contributed by atoms with Gasteiger partial charge in [-0.05, 0) is 32.4 Å². The van der Waals surface area contributed by atoms with E-state index in [4.69, 9.17) is 14.2 Å². The molecule has 156 valence electrons. The molecule has 1 aromatic rings. The summed E-state index contributed by atoms with van der Waals surface area (Å²) in [4.78, 5) is 22.9. The number of β-amino-alcohol motifs (C(OH)–C–C–N with tert-alkyl or cyclic N) is 1. The second-order valence-electron chi connectivity index (χ2n) is 8.19. The fourth-order valence-electron chi connectivity index (χ4n) is 3.18. The third-order valence-corrected chi connectivity index (χ3v) is 4.41. The molecule has 3 unspecified atom stereocenters. The SMILES string of the molecule is CC(=O)OC1Cc2cccc(OCC(O)CNC(C)(C)C)c2CC1OC(C)=O. The molecule has 0 saturated heterocycles. The van der Waals surface area contributed by atoms with Gasteiger partial charge in [-0.15, -0.1) is 0 Å². The van der Waals surface area contributed by atoms with Crippen molar-refractivity contribution in [2.45, 2.75) is 71.3 Å². The zero-order chi connectivity index (χ0) is 20.9. The summed E-state index contributed by atoms with van der Waals surface area (Å²) in [7, 11) is 0. The van der Waals surface area contributed by atoms with E-state index >= 15 is 0 Å². The Hall–Kier alpha value is -2.12. The van der Waals surface area contributed by atoms with Gasteiger partial charge in [0.2, 0.25) is 0 Å². The number of fused-ring (bicyclic) bond motifs is 1. The zero-order valence-corrected chi connectivity index (χ0v) is 17.3. The van der Waals surface area contributed by atoms with Crippen molar-refractivity contribution in [3.63, 3.8) is 0 Å². The lowest BCUT2D eigenvalue weighted by molar-refractivity contribution is -0.166. The molecule has 2 rings (SSSR count). The summed E-state index contributed by atoms with van der Waals surface area (Å²) < 4.78 is 16.6. The van der Waals surface area contributed by atoms with Gasteiger partial charge in [-0.3, -0.25) is 9.59 Å². The van der Waals surface area contributed by atoms with E-state index in [0.717, 1.165) is 11.1 Å². The van der Waals surface area contributed by atoms with Gasteiger partial charge in [0.15, 0.2) is 0 Å². The molecule has 3 atom stereocenters. The predicted octanol–water partition coefficient (Wildman–Crippen LogP) is 1.78. The van der Waals surface area contributed by atoms with Crippen LogP contribution in [0.2, 0.25) is 0 Å². The molecule has 28 heavy (non-hydrogen) atoms. The van der Waals surface area contributed by atoms with E-state index in [0.29, 0.717) is 25.1 Å². The second kappa shape index (κ2) is 9.39. The molecule has 2 N–H and O–H groups in total. The fourth-order valence-corrected chi connectivity index (χ4v) is 3.18. The molecule has 0 saturated carbocycles. The van der Waals surface area contributed by atoms with Gasteiger partial charge in [0.1, 0.15) is 30.7 Å². The van der Waals surface area contributed by atoms with E-state index in [9.17, 15) is 14.7 Å². The maximum atomic E-state index is 11.5. The third-order valence-electron chi connectivity index (χ3n) is 4.41. The topological polar surface area (TPSA) is 94.1 Å². The monoisotopic (exact) mass is 393 g/mol. The van der Waals surface area contributed by atoms with Crippen LogP contribution in [-0.4, -0.2) is 54.0 Å². The van der Waals surface area contributed by atoms with E-state index in [1.165, 1.54) is 13.8 Å². The van der Waals surface area contributed by atoms with Crippen LogP contribution >= 0.6 is 0 Å². The highest BCUT2D eigenvalue weighted by molar-refractivity contribution is 5.67. The Kier molecular flexibility index (Phi) is 7.43. The lowest BCUT2D eigenvalue weighted by Crippen LogP contribution is -2.42. The molecule has 0 fully saturated rings. The number of hydrogen-bond acceptors (Lipinski definition) is 7. The smallest absolute Gasteiger partial charge is 0.303 e. The molecule has 0 aromatic heterocycles. The Morgan fingerprint density at radius 1 is 1.14 bits per heavy atom. The highest BCUT2D eigenvalue weighted by atomic mass is 16.6. The van der Waals surface area contributed by atoms with E-state index in [2.05, 4.69) is 5.32 Å². The number of nitrogens with one attached hydrogen (secondary N) is 1. The van der Waals surface area contributed by atoms with Gasteiger partial charge in [0.05, 0.1) is 0 Å². The van der Waals surface area contributed by atoms with Crippen molar-refractivity contribution in [3.05, 3.63) is 29.3 Å². The minimum Gasteiger partial charge on any atom is -0.491 e. The fraction of sp³-hybridized carbons (Fsp3) is 0.619. The van der Waals surface area contributed by atoms with Crippen LogP contribution in [0.4, 0.5) is 0 Å². The Balaban J connectivity index is 2.10. The molecule has 1 aromatic carbocycles. The lowest BCUT2D eigenvalue weighted by Gasteiger charge is -2.32. The number of aliphatic hydroxyl groups excluding tert-OH is 1. The predicted molar refractivity (Wildman–Crippen MR) is 104 cm³/mol. The average molecular weight is 393 g/mol. The van der Waals surface area contributed by atoms with Crippen LogP contribution in [0.25, 0.3) is 0 Å². The van der Waals surface area contributed by atoms with Crippen molar-refractivity contribution in [3.8, 4) is 5.75 Å². The summed E-state index contributed by atoms with van der Waals surface area (Å²) in [5.74, 6) is -0.189. The first kappa shape index (κ1) is 22.2. The van der Waals surface area contributed by atoms with Crippen LogP contribution in [0.1, 0.15) is 45.7 Å². The van der Waals surface area contributed by atoms with Crippen LogP contribution < -0.4 is 10.1 Å². The quantitative estimate of drug-likeness (QED) is 0.682. The van der Waals surface area contributed by atoms with E-state index < -0.39 is 30.3 Å². The molecule has 0 radical (unpaired) electrons. The summed E-state index contributed by atoms with van der Waals surface area (Å²) in [6.45, 7) is 9.33. The number of benzene rings is 1. The molecule has 0 heterocycles. The van der Waals surface area contributed by atoms with Crippen molar-refractivity contribution in [1.29, 1.82) is 0 Å². The Bertz CT molecular complexity index is 697. The molecule has 7 heteroatoms. The highest BCUT2D eigenvalue weighted by Crippen LogP contribution is 2.32. The number of esters is 2. The standard InChI is InChI=1S/C21H31NO6/c1-13(23)27-19-9-15-7-6-8-18(17(15)10-20(19)28-14(2)24)26-12-16(25)11-22-21(3,4)5/h6-8,16,19-20,22,25H,9-12H2,1-5H3. The van der Waals surface area contributed by atoms with Gasteiger partial charge >= 0.3 is 11.9 Å². The van der Waals surface area contributed by atoms with Crippen molar-refractivity contribution in [2.24, 2.45) is 0 Å². The molecular weight excluding hydrogens is 362 g/mol. The first-order chi connectivity index (χ1) is 13.0. The van der Waals surface area contributed by atoms with E-state index in [1.54, 1.807) is 0 Å². The van der Waals surface area contributed by atoms with Gasteiger partial charge in [-0.1, -0.05) is 12.1 Å². The first-order valence-corrected chi connectivity index (χ1v) is 9.56. The van der Waals surface area contributed by atoms with Gasteiger partial charge in [-0.25, -0.2) is 0 Å². The number of carbonyl (C=O) groups is 2. The second-order valence-corrected chi connectivity index (χ2v) is 8.19. The third kappa shape index (κ3) is 6.80. The average Bonchev–Trinajstić information content (AvgIpc) is 2.57. The largest absolute Gasteiger partial charge is 0.491 e. The van der Waals surface area contributed by atoms with Crippen molar-refractivity contribution < 1.29 is 28.9 Å². The zero-order valence-electron chi connectivity index (χ0n) is 17.3. The number of aliphatic hydroxyl groups is 1.